The molecular formula is C28H24N6O3S2. The number of thiazole rings is 1. The first kappa shape index (κ1) is 25.0. The molecule has 9 nitrogen and oxygen atoms in total. The zero-order valence-corrected chi connectivity index (χ0v) is 22.8. The van der Waals surface area contributed by atoms with Gasteiger partial charge in [0.1, 0.15) is 0 Å². The Bertz CT molecular complexity index is 1830. The average Bonchev–Trinajstić information content (AvgIpc) is 3.49. The number of sulfonamides is 1. The molecule has 0 aliphatic heterocycles. The van der Waals surface area contributed by atoms with Crippen molar-refractivity contribution in [1.29, 1.82) is 0 Å². The van der Waals surface area contributed by atoms with Gasteiger partial charge in [-0.15, -0.1) is 0 Å². The molecule has 2 N–H and O–H groups in total. The molecule has 3 heterocycles. The van der Waals surface area contributed by atoms with Crippen LogP contribution < -0.4 is 10.0 Å². The third-order valence-electron chi connectivity index (χ3n) is 6.32. The zero-order chi connectivity index (χ0) is 27.1. The van der Waals surface area contributed by atoms with Crippen LogP contribution in [0.1, 0.15) is 18.2 Å². The van der Waals surface area contributed by atoms with E-state index in [1.807, 2.05) is 59.4 Å². The number of nitrogens with zero attached hydrogens (tertiary/aromatic N) is 4. The van der Waals surface area contributed by atoms with Crippen LogP contribution in [-0.4, -0.2) is 40.3 Å². The number of amides is 1. The maximum absolute atomic E-state index is 11.8. The Kier molecular flexibility index (Phi) is 6.24. The number of hydrogen-bond acceptors (Lipinski definition) is 7. The van der Waals surface area contributed by atoms with Crippen molar-refractivity contribution in [2.45, 2.75) is 19.8 Å². The topological polar surface area (TPSA) is 119 Å². The van der Waals surface area contributed by atoms with Gasteiger partial charge in [-0.05, 0) is 60.4 Å². The number of benzene rings is 2. The predicted octanol–water partition coefficient (Wildman–Crippen LogP) is 5.15. The van der Waals surface area contributed by atoms with E-state index in [0.717, 1.165) is 69.0 Å². The van der Waals surface area contributed by atoms with Crippen molar-refractivity contribution in [2.24, 2.45) is 0 Å². The number of rotatable bonds is 6. The van der Waals surface area contributed by atoms with E-state index >= 15 is 0 Å². The van der Waals surface area contributed by atoms with Crippen molar-refractivity contribution in [3.05, 3.63) is 84.3 Å². The number of aromatic nitrogens is 4. The van der Waals surface area contributed by atoms with E-state index in [1.54, 1.807) is 18.3 Å². The molecule has 11 heteroatoms. The minimum atomic E-state index is -3.40. The van der Waals surface area contributed by atoms with Crippen molar-refractivity contribution >= 4 is 38.1 Å². The van der Waals surface area contributed by atoms with Gasteiger partial charge >= 0.3 is 0 Å². The minimum absolute atomic E-state index is 0.161. The van der Waals surface area contributed by atoms with Gasteiger partial charge in [0.2, 0.25) is 15.9 Å². The molecule has 1 aliphatic rings. The van der Waals surface area contributed by atoms with Crippen LogP contribution in [0.5, 0.6) is 0 Å². The molecule has 6 rings (SSSR count). The Labute approximate surface area is 229 Å². The lowest BCUT2D eigenvalue weighted by atomic mass is 9.95. The van der Waals surface area contributed by atoms with Crippen LogP contribution in [0.25, 0.3) is 38.6 Å². The van der Waals surface area contributed by atoms with E-state index in [1.165, 1.54) is 18.3 Å². The molecule has 5 aromatic rings. The van der Waals surface area contributed by atoms with Gasteiger partial charge < -0.3 is 5.32 Å². The summed E-state index contributed by atoms with van der Waals surface area (Å²) in [6.45, 7) is 1.47. The molecule has 0 saturated carbocycles. The summed E-state index contributed by atoms with van der Waals surface area (Å²) in [5.41, 5.74) is 7.92. The van der Waals surface area contributed by atoms with Gasteiger partial charge in [-0.25, -0.2) is 18.1 Å². The first-order valence-corrected chi connectivity index (χ1v) is 14.9. The second kappa shape index (κ2) is 9.75. The summed E-state index contributed by atoms with van der Waals surface area (Å²) in [5.74, 6) is -0.161. The molecule has 1 amide bonds. The maximum atomic E-state index is 11.8. The van der Waals surface area contributed by atoms with Gasteiger partial charge in [0, 0.05) is 36.1 Å². The molecule has 0 saturated heterocycles. The van der Waals surface area contributed by atoms with Gasteiger partial charge in [0.05, 0.1) is 33.9 Å². The second-order valence-electron chi connectivity index (χ2n) is 9.31. The van der Waals surface area contributed by atoms with Crippen LogP contribution in [0.4, 0.5) is 10.8 Å². The smallest absolute Gasteiger partial charge is 0.229 e. The van der Waals surface area contributed by atoms with E-state index in [4.69, 9.17) is 5.10 Å². The lowest BCUT2D eigenvalue weighted by Gasteiger charge is -2.15. The van der Waals surface area contributed by atoms with E-state index in [0.29, 0.717) is 10.8 Å². The summed E-state index contributed by atoms with van der Waals surface area (Å²) in [6, 6.07) is 19.1. The quantitative estimate of drug-likeness (QED) is 0.298. The highest BCUT2D eigenvalue weighted by Crippen LogP contribution is 2.44. The molecule has 196 valence electrons. The van der Waals surface area contributed by atoms with E-state index in [-0.39, 0.29) is 5.91 Å². The molecule has 1 aliphatic carbocycles. The Morgan fingerprint density at radius 1 is 1.00 bits per heavy atom. The molecule has 0 bridgehead atoms. The molecule has 0 spiro atoms. The van der Waals surface area contributed by atoms with Crippen molar-refractivity contribution in [3.63, 3.8) is 0 Å². The van der Waals surface area contributed by atoms with Crippen molar-refractivity contribution in [3.8, 4) is 38.6 Å². The number of aryl methyl sites for hydroxylation is 1. The predicted molar refractivity (Wildman–Crippen MR) is 154 cm³/mol. The Morgan fingerprint density at radius 2 is 1.77 bits per heavy atom. The van der Waals surface area contributed by atoms with Crippen molar-refractivity contribution in [2.75, 3.05) is 16.3 Å². The number of fused-ring (bicyclic) bond motifs is 3. The van der Waals surface area contributed by atoms with Gasteiger partial charge in [-0.1, -0.05) is 35.6 Å². The third kappa shape index (κ3) is 5.06. The van der Waals surface area contributed by atoms with E-state index in [9.17, 15) is 13.2 Å². The van der Waals surface area contributed by atoms with Crippen LogP contribution >= 0.6 is 11.3 Å². The Balaban J connectivity index is 1.50. The number of carbonyl (C=O) groups excluding carboxylic acids is 1. The largest absolute Gasteiger partial charge is 0.302 e. The number of nitrogens with one attached hydrogen (secondary N) is 2. The fourth-order valence-corrected chi connectivity index (χ4v) is 6.46. The highest BCUT2D eigenvalue weighted by Gasteiger charge is 2.30. The van der Waals surface area contributed by atoms with Crippen LogP contribution in [0.3, 0.4) is 0 Å². The van der Waals surface area contributed by atoms with E-state index < -0.39 is 10.0 Å². The normalized spacial score (nSPS) is 12.5. The number of carbonyl (C=O) groups is 1. The van der Waals surface area contributed by atoms with Crippen molar-refractivity contribution in [1.82, 2.24) is 19.7 Å². The molecule has 3 aromatic heterocycles. The monoisotopic (exact) mass is 556 g/mol. The van der Waals surface area contributed by atoms with Gasteiger partial charge in [-0.2, -0.15) is 5.10 Å². The van der Waals surface area contributed by atoms with Crippen LogP contribution in [0.2, 0.25) is 0 Å². The molecule has 2 aromatic carbocycles. The maximum Gasteiger partial charge on any atom is 0.229 e. The summed E-state index contributed by atoms with van der Waals surface area (Å²) < 4.78 is 28.0. The SMILES string of the molecule is CC(=O)Nc1nc2c(s1)-c1c(c(-c3cccnc3)nn1-c1cccc(-c3cccc(NS(C)(=O)=O)c3)c1)CC2. The van der Waals surface area contributed by atoms with Crippen molar-refractivity contribution < 1.29 is 13.2 Å². The highest BCUT2D eigenvalue weighted by molar-refractivity contribution is 7.92. The van der Waals surface area contributed by atoms with Gasteiger partial charge in [-0.3, -0.25) is 14.5 Å². The van der Waals surface area contributed by atoms with Crippen LogP contribution in [-0.2, 0) is 27.7 Å². The standard InChI is InChI=1S/C28H24N6O3S2/c1-17(35)30-28-31-24-12-11-23-25(20-8-5-13-29-16-20)32-34(26(23)27(24)38-28)22-10-4-7-19(15-22)18-6-3-9-21(14-18)33-39(2,36)37/h3-10,13-16,33H,11-12H2,1-2H3,(H,30,31,35). The zero-order valence-electron chi connectivity index (χ0n) is 21.2. The summed E-state index contributed by atoms with van der Waals surface area (Å²) in [4.78, 5) is 21.7. The third-order valence-corrected chi connectivity index (χ3v) is 7.94. The average molecular weight is 557 g/mol. The number of pyridine rings is 1. The summed E-state index contributed by atoms with van der Waals surface area (Å²) in [7, 11) is -3.40. The summed E-state index contributed by atoms with van der Waals surface area (Å²) >= 11 is 1.45. The highest BCUT2D eigenvalue weighted by atomic mass is 32.2. The lowest BCUT2D eigenvalue weighted by molar-refractivity contribution is -0.114. The fourth-order valence-electron chi connectivity index (χ4n) is 4.79. The Hall–Kier alpha value is -4.35. The summed E-state index contributed by atoms with van der Waals surface area (Å²) in [6.07, 6.45) is 6.19. The van der Waals surface area contributed by atoms with Gasteiger partial charge in [0.25, 0.3) is 0 Å². The van der Waals surface area contributed by atoms with E-state index in [2.05, 4.69) is 20.0 Å². The first-order chi connectivity index (χ1) is 18.7. The molecule has 0 atom stereocenters. The second-order valence-corrected chi connectivity index (χ2v) is 12.1. The lowest BCUT2D eigenvalue weighted by Crippen LogP contribution is -2.09. The fraction of sp³-hybridized carbons (Fsp3) is 0.143. The minimum Gasteiger partial charge on any atom is -0.302 e. The molecule has 0 radical (unpaired) electrons. The molecule has 39 heavy (non-hydrogen) atoms. The molecular weight excluding hydrogens is 532 g/mol. The Morgan fingerprint density at radius 3 is 2.51 bits per heavy atom. The number of hydrogen-bond donors (Lipinski definition) is 2. The summed E-state index contributed by atoms with van der Waals surface area (Å²) in [5, 5.41) is 8.47. The first-order valence-electron chi connectivity index (χ1n) is 12.2. The molecule has 0 unspecified atom stereocenters. The van der Waals surface area contributed by atoms with Gasteiger partial charge in [0.15, 0.2) is 5.13 Å². The molecule has 0 fully saturated rings. The van der Waals surface area contributed by atoms with Crippen LogP contribution in [0, 0.1) is 0 Å². The van der Waals surface area contributed by atoms with Crippen LogP contribution in [0.15, 0.2) is 73.1 Å². The number of anilines is 2.